The van der Waals surface area contributed by atoms with Crippen LogP contribution in [-0.2, 0) is 6.54 Å². The lowest BCUT2D eigenvalue weighted by atomic mass is 10.2. The first-order chi connectivity index (χ1) is 6.33. The Hall–Kier alpha value is -0.350. The first-order valence-corrected chi connectivity index (χ1v) is 5.72. The maximum Gasteiger partial charge on any atom is 0.0534 e. The van der Waals surface area contributed by atoms with Crippen molar-refractivity contribution in [3.8, 4) is 0 Å². The fourth-order valence-electron chi connectivity index (χ4n) is 1.12. The zero-order valence-electron chi connectivity index (χ0n) is 7.91. The topological polar surface area (TPSA) is 29.9 Å². The Balaban J connectivity index is 2.07. The van der Waals surface area contributed by atoms with Gasteiger partial charge in [0.1, 0.15) is 0 Å². The summed E-state index contributed by atoms with van der Waals surface area (Å²) in [5.74, 6) is 0. The van der Waals surface area contributed by atoms with E-state index in [0.29, 0.717) is 6.04 Å². The van der Waals surface area contributed by atoms with Crippen LogP contribution in [0.4, 0.5) is 0 Å². The lowest BCUT2D eigenvalue weighted by Gasteiger charge is -2.11. The molecule has 0 aliphatic rings. The Morgan fingerprint density at radius 1 is 1.62 bits per heavy atom. The number of halogens is 1. The van der Waals surface area contributed by atoms with Crippen LogP contribution in [-0.4, -0.2) is 27.7 Å². The van der Waals surface area contributed by atoms with Crippen molar-refractivity contribution in [1.82, 2.24) is 15.1 Å². The average Bonchev–Trinajstić information content (AvgIpc) is 2.57. The Bertz CT molecular complexity index is 211. The fourth-order valence-corrected chi connectivity index (χ4v) is 1.81. The van der Waals surface area contributed by atoms with E-state index in [9.17, 15) is 0 Å². The van der Waals surface area contributed by atoms with Gasteiger partial charge in [0.15, 0.2) is 0 Å². The van der Waals surface area contributed by atoms with E-state index in [0.717, 1.165) is 18.4 Å². The quantitative estimate of drug-likeness (QED) is 0.773. The Labute approximate surface area is 87.6 Å². The van der Waals surface area contributed by atoms with Crippen LogP contribution in [0.2, 0.25) is 0 Å². The summed E-state index contributed by atoms with van der Waals surface area (Å²) in [4.78, 5) is 0. The van der Waals surface area contributed by atoms with Crippen molar-refractivity contribution in [3.63, 3.8) is 0 Å². The van der Waals surface area contributed by atoms with Crippen LogP contribution in [0.3, 0.4) is 0 Å². The molecule has 0 saturated heterocycles. The average molecular weight is 246 g/mol. The van der Waals surface area contributed by atoms with Gasteiger partial charge in [-0.2, -0.15) is 5.10 Å². The molecule has 1 heterocycles. The van der Waals surface area contributed by atoms with Crippen molar-refractivity contribution in [2.24, 2.45) is 0 Å². The molecule has 1 N–H and O–H groups in total. The van der Waals surface area contributed by atoms with Crippen LogP contribution in [0.25, 0.3) is 0 Å². The third-order valence-electron chi connectivity index (χ3n) is 1.94. The summed E-state index contributed by atoms with van der Waals surface area (Å²) in [7, 11) is 0. The third-order valence-corrected chi connectivity index (χ3v) is 2.39. The molecule has 4 heteroatoms. The number of nitrogens with zero attached hydrogens (tertiary/aromatic N) is 2. The maximum atomic E-state index is 4.13. The molecule has 0 bridgehead atoms. The summed E-state index contributed by atoms with van der Waals surface area (Å²) in [5.41, 5.74) is 0. The first kappa shape index (κ1) is 10.7. The molecule has 1 rings (SSSR count). The number of hydrogen-bond acceptors (Lipinski definition) is 2. The molecular formula is C9H16BrN3. The predicted molar refractivity (Wildman–Crippen MR) is 58.1 cm³/mol. The lowest BCUT2D eigenvalue weighted by molar-refractivity contribution is 0.489. The van der Waals surface area contributed by atoms with Gasteiger partial charge in [-0.15, -0.1) is 0 Å². The van der Waals surface area contributed by atoms with E-state index < -0.39 is 0 Å². The molecule has 74 valence electrons. The number of alkyl halides is 1. The van der Waals surface area contributed by atoms with Gasteiger partial charge in [0.05, 0.1) is 6.54 Å². The molecule has 0 amide bonds. The van der Waals surface area contributed by atoms with Crippen molar-refractivity contribution in [2.45, 2.75) is 25.9 Å². The zero-order valence-corrected chi connectivity index (χ0v) is 9.50. The number of hydrogen-bond donors (Lipinski definition) is 1. The molecule has 0 aliphatic heterocycles. The molecule has 1 aromatic rings. The molecule has 13 heavy (non-hydrogen) atoms. The van der Waals surface area contributed by atoms with E-state index >= 15 is 0 Å². The standard InChI is InChI=1S/C9H16BrN3/c1-9(3-4-10)11-6-8-13-7-2-5-12-13/h2,5,7,9,11H,3-4,6,8H2,1H3. The largest absolute Gasteiger partial charge is 0.312 e. The Kier molecular flexibility index (Phi) is 5.08. The molecule has 0 spiro atoms. The zero-order chi connectivity index (χ0) is 9.52. The van der Waals surface area contributed by atoms with Gasteiger partial charge in [-0.1, -0.05) is 15.9 Å². The van der Waals surface area contributed by atoms with Crippen LogP contribution in [0, 0.1) is 0 Å². The number of aromatic nitrogens is 2. The molecule has 1 unspecified atom stereocenters. The van der Waals surface area contributed by atoms with Gasteiger partial charge >= 0.3 is 0 Å². The van der Waals surface area contributed by atoms with Crippen molar-refractivity contribution >= 4 is 15.9 Å². The van der Waals surface area contributed by atoms with Gasteiger partial charge in [-0.3, -0.25) is 4.68 Å². The van der Waals surface area contributed by atoms with Gasteiger partial charge in [-0.05, 0) is 19.4 Å². The summed E-state index contributed by atoms with van der Waals surface area (Å²) in [6.45, 7) is 4.12. The van der Waals surface area contributed by atoms with E-state index in [1.165, 1.54) is 6.42 Å². The highest BCUT2D eigenvalue weighted by Crippen LogP contribution is 1.94. The van der Waals surface area contributed by atoms with Crippen molar-refractivity contribution in [1.29, 1.82) is 0 Å². The molecule has 3 nitrogen and oxygen atoms in total. The van der Waals surface area contributed by atoms with Crippen molar-refractivity contribution in [2.75, 3.05) is 11.9 Å². The van der Waals surface area contributed by atoms with Crippen LogP contribution in [0.1, 0.15) is 13.3 Å². The summed E-state index contributed by atoms with van der Waals surface area (Å²) in [6.07, 6.45) is 4.96. The Morgan fingerprint density at radius 3 is 3.08 bits per heavy atom. The molecule has 0 radical (unpaired) electrons. The van der Waals surface area contributed by atoms with Crippen LogP contribution in [0.15, 0.2) is 18.5 Å². The molecule has 0 aliphatic carbocycles. The third kappa shape index (κ3) is 4.43. The van der Waals surface area contributed by atoms with Crippen molar-refractivity contribution < 1.29 is 0 Å². The second-order valence-corrected chi connectivity index (χ2v) is 3.89. The summed E-state index contributed by atoms with van der Waals surface area (Å²) < 4.78 is 1.94. The summed E-state index contributed by atoms with van der Waals surface area (Å²) >= 11 is 3.42. The second kappa shape index (κ2) is 6.16. The van der Waals surface area contributed by atoms with Crippen LogP contribution < -0.4 is 5.32 Å². The lowest BCUT2D eigenvalue weighted by Crippen LogP contribution is -2.29. The minimum Gasteiger partial charge on any atom is -0.312 e. The highest BCUT2D eigenvalue weighted by Gasteiger charge is 1.98. The summed E-state index contributed by atoms with van der Waals surface area (Å²) in [5, 5.41) is 8.62. The number of nitrogens with one attached hydrogen (secondary N) is 1. The highest BCUT2D eigenvalue weighted by molar-refractivity contribution is 9.09. The maximum absolute atomic E-state index is 4.13. The van der Waals surface area contributed by atoms with Gasteiger partial charge < -0.3 is 5.32 Å². The summed E-state index contributed by atoms with van der Waals surface area (Å²) in [6, 6.07) is 2.52. The van der Waals surface area contributed by atoms with E-state index in [2.05, 4.69) is 33.3 Å². The molecule has 1 aromatic heterocycles. The van der Waals surface area contributed by atoms with Crippen LogP contribution >= 0.6 is 15.9 Å². The van der Waals surface area contributed by atoms with Crippen molar-refractivity contribution in [3.05, 3.63) is 18.5 Å². The predicted octanol–water partition coefficient (Wildman–Crippen LogP) is 1.65. The Morgan fingerprint density at radius 2 is 2.46 bits per heavy atom. The van der Waals surface area contributed by atoms with E-state index in [1.807, 2.05) is 23.1 Å². The molecule has 0 aromatic carbocycles. The smallest absolute Gasteiger partial charge is 0.0534 e. The van der Waals surface area contributed by atoms with E-state index in [-0.39, 0.29) is 0 Å². The SMILES string of the molecule is CC(CCBr)NCCn1cccn1. The molecule has 0 fully saturated rings. The second-order valence-electron chi connectivity index (χ2n) is 3.10. The minimum absolute atomic E-state index is 0.579. The monoisotopic (exact) mass is 245 g/mol. The molecule has 0 saturated carbocycles. The number of rotatable bonds is 6. The first-order valence-electron chi connectivity index (χ1n) is 4.59. The molecule has 1 atom stereocenters. The van der Waals surface area contributed by atoms with Gasteiger partial charge in [0, 0.05) is 30.3 Å². The van der Waals surface area contributed by atoms with Gasteiger partial charge in [-0.25, -0.2) is 0 Å². The van der Waals surface area contributed by atoms with E-state index in [4.69, 9.17) is 0 Å². The van der Waals surface area contributed by atoms with Gasteiger partial charge in [0.25, 0.3) is 0 Å². The van der Waals surface area contributed by atoms with Gasteiger partial charge in [0.2, 0.25) is 0 Å². The van der Waals surface area contributed by atoms with E-state index in [1.54, 1.807) is 0 Å². The van der Waals surface area contributed by atoms with Crippen LogP contribution in [0.5, 0.6) is 0 Å². The fraction of sp³-hybridized carbons (Fsp3) is 0.667. The minimum atomic E-state index is 0.579. The highest BCUT2D eigenvalue weighted by atomic mass is 79.9. The normalized spacial score (nSPS) is 13.1. The molecular weight excluding hydrogens is 230 g/mol.